The standard InChI is InChI=1S/C13H19FN2O4S/c1-4-8(2)16-13(17)9(3)20-11-6-5-10(14)7-12(11)21(15,18)19/h5-9H,4H2,1-3H3,(H,16,17)(H2,15,18,19). The lowest BCUT2D eigenvalue weighted by molar-refractivity contribution is -0.128. The zero-order valence-corrected chi connectivity index (χ0v) is 12.9. The molecule has 6 nitrogen and oxygen atoms in total. The highest BCUT2D eigenvalue weighted by atomic mass is 32.2. The lowest BCUT2D eigenvalue weighted by Crippen LogP contribution is -2.41. The van der Waals surface area contributed by atoms with Crippen molar-refractivity contribution in [1.29, 1.82) is 0 Å². The molecule has 118 valence electrons. The molecule has 0 saturated heterocycles. The summed E-state index contributed by atoms with van der Waals surface area (Å²) in [4.78, 5) is 11.4. The Hall–Kier alpha value is -1.67. The van der Waals surface area contributed by atoms with Gasteiger partial charge in [-0.1, -0.05) is 6.92 Å². The molecule has 0 heterocycles. The topological polar surface area (TPSA) is 98.5 Å². The van der Waals surface area contributed by atoms with Gasteiger partial charge in [0.05, 0.1) is 0 Å². The summed E-state index contributed by atoms with van der Waals surface area (Å²) in [5.74, 6) is -1.32. The van der Waals surface area contributed by atoms with Gasteiger partial charge in [0.1, 0.15) is 16.5 Å². The molecule has 0 fully saturated rings. The molecule has 0 radical (unpaired) electrons. The van der Waals surface area contributed by atoms with E-state index in [0.29, 0.717) is 0 Å². The lowest BCUT2D eigenvalue weighted by Gasteiger charge is -2.19. The number of nitrogens with two attached hydrogens (primary N) is 1. The van der Waals surface area contributed by atoms with E-state index in [1.54, 1.807) is 0 Å². The predicted octanol–water partition coefficient (Wildman–Crippen LogP) is 1.16. The Morgan fingerprint density at radius 3 is 2.57 bits per heavy atom. The van der Waals surface area contributed by atoms with Crippen LogP contribution in [0, 0.1) is 5.82 Å². The van der Waals surface area contributed by atoms with Gasteiger partial charge >= 0.3 is 0 Å². The molecule has 0 saturated carbocycles. The number of benzene rings is 1. The monoisotopic (exact) mass is 318 g/mol. The molecule has 2 unspecified atom stereocenters. The average molecular weight is 318 g/mol. The molecule has 1 aromatic rings. The quantitative estimate of drug-likeness (QED) is 0.822. The van der Waals surface area contributed by atoms with E-state index in [2.05, 4.69) is 5.32 Å². The second-order valence-corrected chi connectivity index (χ2v) is 6.24. The Kier molecular flexibility index (Phi) is 5.68. The van der Waals surface area contributed by atoms with Crippen LogP contribution in [-0.4, -0.2) is 26.5 Å². The highest BCUT2D eigenvalue weighted by Gasteiger charge is 2.21. The van der Waals surface area contributed by atoms with Crippen LogP contribution in [0.1, 0.15) is 27.2 Å². The summed E-state index contributed by atoms with van der Waals surface area (Å²) < 4.78 is 41.3. The number of halogens is 1. The Labute approximate surface area is 123 Å². The number of primary sulfonamides is 1. The van der Waals surface area contributed by atoms with Crippen molar-refractivity contribution in [2.75, 3.05) is 0 Å². The molecule has 0 aromatic heterocycles. The fraction of sp³-hybridized carbons (Fsp3) is 0.462. The summed E-state index contributed by atoms with van der Waals surface area (Å²) in [5, 5.41) is 7.71. The number of hydrogen-bond acceptors (Lipinski definition) is 4. The van der Waals surface area contributed by atoms with Crippen molar-refractivity contribution in [1.82, 2.24) is 5.32 Å². The van der Waals surface area contributed by atoms with E-state index in [1.807, 2.05) is 13.8 Å². The van der Waals surface area contributed by atoms with Gasteiger partial charge in [0, 0.05) is 6.04 Å². The van der Waals surface area contributed by atoms with Crippen molar-refractivity contribution in [3.63, 3.8) is 0 Å². The summed E-state index contributed by atoms with van der Waals surface area (Å²) in [6.07, 6.45) is -0.192. The second kappa shape index (κ2) is 6.86. The van der Waals surface area contributed by atoms with E-state index >= 15 is 0 Å². The minimum Gasteiger partial charge on any atom is -0.479 e. The minimum atomic E-state index is -4.15. The molecular formula is C13H19FN2O4S. The fourth-order valence-corrected chi connectivity index (χ4v) is 2.18. The number of sulfonamides is 1. The van der Waals surface area contributed by atoms with Gasteiger partial charge in [0.15, 0.2) is 6.10 Å². The zero-order chi connectivity index (χ0) is 16.2. The SMILES string of the molecule is CCC(C)NC(=O)C(C)Oc1ccc(F)cc1S(N)(=O)=O. The van der Waals surface area contributed by atoms with E-state index in [4.69, 9.17) is 9.88 Å². The first-order chi connectivity index (χ1) is 9.65. The zero-order valence-electron chi connectivity index (χ0n) is 12.1. The molecule has 8 heteroatoms. The summed E-state index contributed by atoms with van der Waals surface area (Å²) in [5.41, 5.74) is 0. The predicted molar refractivity (Wildman–Crippen MR) is 75.8 cm³/mol. The third kappa shape index (κ3) is 4.98. The Morgan fingerprint density at radius 2 is 2.05 bits per heavy atom. The molecule has 21 heavy (non-hydrogen) atoms. The van der Waals surface area contributed by atoms with Crippen molar-refractivity contribution in [3.8, 4) is 5.75 Å². The number of amides is 1. The lowest BCUT2D eigenvalue weighted by atomic mass is 10.2. The molecule has 1 aromatic carbocycles. The van der Waals surface area contributed by atoms with Gasteiger partial charge in [-0.2, -0.15) is 0 Å². The van der Waals surface area contributed by atoms with Crippen LogP contribution < -0.4 is 15.2 Å². The highest BCUT2D eigenvalue weighted by Crippen LogP contribution is 2.24. The molecule has 0 aliphatic rings. The second-order valence-electron chi connectivity index (χ2n) is 4.71. The van der Waals surface area contributed by atoms with Crippen LogP contribution in [-0.2, 0) is 14.8 Å². The van der Waals surface area contributed by atoms with E-state index in [-0.39, 0.29) is 11.8 Å². The first-order valence-electron chi connectivity index (χ1n) is 6.44. The minimum absolute atomic E-state index is 0.0329. The number of carbonyl (C=O) groups is 1. The molecule has 2 atom stereocenters. The smallest absolute Gasteiger partial charge is 0.260 e. The van der Waals surface area contributed by atoms with Crippen LogP contribution in [0.4, 0.5) is 4.39 Å². The maximum absolute atomic E-state index is 13.1. The highest BCUT2D eigenvalue weighted by molar-refractivity contribution is 7.89. The van der Waals surface area contributed by atoms with Gasteiger partial charge < -0.3 is 10.1 Å². The molecule has 1 rings (SSSR count). The normalized spacial score (nSPS) is 14.3. The van der Waals surface area contributed by atoms with Crippen LogP contribution in [0.25, 0.3) is 0 Å². The number of nitrogens with one attached hydrogen (secondary N) is 1. The summed E-state index contributed by atoms with van der Waals surface area (Å²) in [7, 11) is -4.15. The molecular weight excluding hydrogens is 299 g/mol. The summed E-state index contributed by atoms with van der Waals surface area (Å²) >= 11 is 0. The van der Waals surface area contributed by atoms with Crippen molar-refractivity contribution in [3.05, 3.63) is 24.0 Å². The molecule has 0 aliphatic heterocycles. The summed E-state index contributed by atoms with van der Waals surface area (Å²) in [6.45, 7) is 5.21. The maximum atomic E-state index is 13.1. The number of hydrogen-bond donors (Lipinski definition) is 2. The van der Waals surface area contributed by atoms with Gasteiger partial charge in [-0.15, -0.1) is 0 Å². The van der Waals surface area contributed by atoms with Crippen LogP contribution in [0.15, 0.2) is 23.1 Å². The Bertz CT molecular complexity index is 619. The van der Waals surface area contributed by atoms with Crippen molar-refractivity contribution >= 4 is 15.9 Å². The number of ether oxygens (including phenoxy) is 1. The van der Waals surface area contributed by atoms with Crippen molar-refractivity contribution in [2.45, 2.75) is 44.2 Å². The Balaban J connectivity index is 2.95. The van der Waals surface area contributed by atoms with Crippen LogP contribution in [0.2, 0.25) is 0 Å². The maximum Gasteiger partial charge on any atom is 0.260 e. The van der Waals surface area contributed by atoms with Gasteiger partial charge in [0.2, 0.25) is 10.0 Å². The van der Waals surface area contributed by atoms with E-state index in [0.717, 1.165) is 24.6 Å². The molecule has 0 aliphatic carbocycles. The van der Waals surface area contributed by atoms with Crippen molar-refractivity contribution in [2.24, 2.45) is 5.14 Å². The largest absolute Gasteiger partial charge is 0.479 e. The third-order valence-electron chi connectivity index (χ3n) is 2.89. The number of carbonyl (C=O) groups excluding carboxylic acids is 1. The molecule has 1 amide bonds. The third-order valence-corrected chi connectivity index (χ3v) is 3.82. The van der Waals surface area contributed by atoms with Crippen molar-refractivity contribution < 1.29 is 22.3 Å². The summed E-state index contributed by atoms with van der Waals surface area (Å²) in [6, 6.07) is 2.88. The van der Waals surface area contributed by atoms with Crippen LogP contribution >= 0.6 is 0 Å². The number of rotatable bonds is 6. The molecule has 0 bridgehead atoms. The molecule has 3 N–H and O–H groups in total. The van der Waals surface area contributed by atoms with Gasteiger partial charge in [-0.05, 0) is 38.5 Å². The van der Waals surface area contributed by atoms with E-state index < -0.39 is 32.7 Å². The average Bonchev–Trinajstić information content (AvgIpc) is 2.39. The van der Waals surface area contributed by atoms with Gasteiger partial charge in [0.25, 0.3) is 5.91 Å². The first-order valence-corrected chi connectivity index (χ1v) is 7.99. The van der Waals surface area contributed by atoms with Crippen LogP contribution in [0.3, 0.4) is 0 Å². The van der Waals surface area contributed by atoms with E-state index in [9.17, 15) is 17.6 Å². The first kappa shape index (κ1) is 17.4. The van der Waals surface area contributed by atoms with Crippen LogP contribution in [0.5, 0.6) is 5.75 Å². The van der Waals surface area contributed by atoms with Gasteiger partial charge in [-0.3, -0.25) is 4.79 Å². The Morgan fingerprint density at radius 1 is 1.43 bits per heavy atom. The fourth-order valence-electron chi connectivity index (χ4n) is 1.51. The molecule has 0 spiro atoms. The van der Waals surface area contributed by atoms with Gasteiger partial charge in [-0.25, -0.2) is 17.9 Å². The van der Waals surface area contributed by atoms with E-state index in [1.165, 1.54) is 6.92 Å².